The Bertz CT molecular complexity index is 562. The molecule has 0 aliphatic carbocycles. The zero-order valence-corrected chi connectivity index (χ0v) is 14.3. The number of anilines is 1. The highest BCUT2D eigenvalue weighted by Crippen LogP contribution is 2.33. The van der Waals surface area contributed by atoms with Crippen LogP contribution in [0.4, 0.5) is 5.69 Å². The fourth-order valence-electron chi connectivity index (χ4n) is 2.83. The van der Waals surface area contributed by atoms with Gasteiger partial charge in [-0.3, -0.25) is 0 Å². The summed E-state index contributed by atoms with van der Waals surface area (Å²) in [6.45, 7) is 8.17. The molecule has 2 N–H and O–H groups in total. The Morgan fingerprint density at radius 2 is 2.19 bits per heavy atom. The molecule has 0 bridgehead atoms. The van der Waals surface area contributed by atoms with Crippen LogP contribution in [0.15, 0.2) is 18.2 Å². The Hall–Kier alpha value is -1.51. The molecule has 2 atom stereocenters. The zero-order chi connectivity index (χ0) is 15.7. The van der Waals surface area contributed by atoms with Crippen LogP contribution >= 0.6 is 0 Å². The average molecular weight is 304 g/mol. The summed E-state index contributed by atoms with van der Waals surface area (Å²) in [5.41, 5.74) is 6.93. The van der Waals surface area contributed by atoms with Crippen molar-refractivity contribution in [2.75, 3.05) is 5.73 Å². The summed E-state index contributed by atoms with van der Waals surface area (Å²) >= 11 is 0. The third-order valence-electron chi connectivity index (χ3n) is 3.50. The highest BCUT2D eigenvalue weighted by molar-refractivity contribution is 6.69. The van der Waals surface area contributed by atoms with Gasteiger partial charge in [-0.2, -0.15) is 5.26 Å². The maximum Gasteiger partial charge on any atom is 0.185 e. The summed E-state index contributed by atoms with van der Waals surface area (Å²) in [6, 6.07) is 8.06. The van der Waals surface area contributed by atoms with Crippen LogP contribution in [0, 0.1) is 11.3 Å². The fourth-order valence-corrected chi connectivity index (χ4v) is 4.31. The summed E-state index contributed by atoms with van der Waals surface area (Å²) in [7, 11) is -1.77. The quantitative estimate of drug-likeness (QED) is 0.683. The first kappa shape index (κ1) is 15.9. The van der Waals surface area contributed by atoms with Crippen molar-refractivity contribution >= 4 is 14.0 Å². The molecule has 0 saturated heterocycles. The molecule has 1 heterocycles. The number of aryl methyl sites for hydroxylation is 1. The van der Waals surface area contributed by atoms with E-state index in [2.05, 4.69) is 25.7 Å². The van der Waals surface area contributed by atoms with Gasteiger partial charge in [0.1, 0.15) is 17.5 Å². The lowest BCUT2D eigenvalue weighted by Crippen LogP contribution is -2.43. The molecule has 0 fully saturated rings. The maximum atomic E-state index is 9.49. The van der Waals surface area contributed by atoms with Crippen molar-refractivity contribution in [2.45, 2.75) is 57.5 Å². The van der Waals surface area contributed by atoms with Gasteiger partial charge in [0.2, 0.25) is 0 Å². The van der Waals surface area contributed by atoms with Gasteiger partial charge in [0.05, 0.1) is 6.07 Å². The number of nitrogens with two attached hydrogens (primary N) is 1. The first-order chi connectivity index (χ1) is 9.71. The molecule has 1 unspecified atom stereocenters. The van der Waals surface area contributed by atoms with E-state index in [1.54, 1.807) is 0 Å². The lowest BCUT2D eigenvalue weighted by molar-refractivity contribution is 0.0606. The van der Waals surface area contributed by atoms with E-state index in [0.717, 1.165) is 29.8 Å². The highest BCUT2D eigenvalue weighted by atomic mass is 28.4. The molecule has 21 heavy (non-hydrogen) atoms. The van der Waals surface area contributed by atoms with E-state index in [-0.39, 0.29) is 6.10 Å². The third-order valence-corrected chi connectivity index (χ3v) is 4.56. The van der Waals surface area contributed by atoms with Crippen LogP contribution in [-0.2, 0) is 10.8 Å². The van der Waals surface area contributed by atoms with Crippen LogP contribution in [0.2, 0.25) is 19.6 Å². The number of fused-ring (bicyclic) bond motifs is 1. The molecule has 4 nitrogen and oxygen atoms in total. The molecule has 2 rings (SSSR count). The number of rotatable bonds is 4. The van der Waals surface area contributed by atoms with E-state index in [0.29, 0.717) is 6.42 Å². The Morgan fingerprint density at radius 1 is 1.48 bits per heavy atom. The second-order valence-corrected chi connectivity index (χ2v) is 11.3. The lowest BCUT2D eigenvalue weighted by Gasteiger charge is -2.35. The van der Waals surface area contributed by atoms with Gasteiger partial charge in [-0.05, 0) is 63.2 Å². The van der Waals surface area contributed by atoms with E-state index in [9.17, 15) is 5.26 Å². The van der Waals surface area contributed by atoms with Gasteiger partial charge in [0.15, 0.2) is 8.32 Å². The summed E-state index contributed by atoms with van der Waals surface area (Å²) in [6.07, 6.45) is 2.43. The first-order valence-electron chi connectivity index (χ1n) is 7.37. The fraction of sp³-hybridized carbons (Fsp3) is 0.562. The largest absolute Gasteiger partial charge is 0.490 e. The van der Waals surface area contributed by atoms with E-state index in [1.807, 2.05) is 25.1 Å². The zero-order valence-electron chi connectivity index (χ0n) is 13.3. The number of nitrogen functional groups attached to an aromatic ring is 1. The van der Waals surface area contributed by atoms with Crippen LogP contribution in [0.5, 0.6) is 5.75 Å². The Balaban J connectivity index is 2.08. The van der Waals surface area contributed by atoms with Gasteiger partial charge in [0, 0.05) is 12.1 Å². The topological polar surface area (TPSA) is 68.3 Å². The molecule has 1 aliphatic heterocycles. The van der Waals surface area contributed by atoms with Gasteiger partial charge in [-0.1, -0.05) is 0 Å². The number of nitriles is 1. The number of nitrogens with zero attached hydrogens (tertiary/aromatic N) is 1. The first-order valence-corrected chi connectivity index (χ1v) is 10.8. The Labute approximate surface area is 128 Å². The predicted molar refractivity (Wildman–Crippen MR) is 86.7 cm³/mol. The number of ether oxygens (including phenoxy) is 1. The van der Waals surface area contributed by atoms with Gasteiger partial charge >= 0.3 is 0 Å². The Kier molecular flexibility index (Phi) is 4.31. The predicted octanol–water partition coefficient (Wildman–Crippen LogP) is 3.49. The monoisotopic (exact) mass is 304 g/mol. The maximum absolute atomic E-state index is 9.49. The molecule has 0 saturated carbocycles. The molecule has 114 valence electrons. The smallest absolute Gasteiger partial charge is 0.185 e. The standard InChI is InChI=1S/C16H24N2O2Si/c1-16(11-17,20-21(2,3)4)10-14-7-5-12-9-13(18)6-8-15(12)19-14/h6,8-9,14H,5,7,10,18H2,1-4H3/t14-,16?/m1/s1. The summed E-state index contributed by atoms with van der Waals surface area (Å²) in [5.74, 6) is 0.883. The van der Waals surface area contributed by atoms with Crippen molar-refractivity contribution in [1.29, 1.82) is 5.26 Å². The molecule has 0 spiro atoms. The van der Waals surface area contributed by atoms with Crippen molar-refractivity contribution < 1.29 is 9.16 Å². The second-order valence-electron chi connectivity index (χ2n) is 6.91. The Morgan fingerprint density at radius 3 is 2.81 bits per heavy atom. The van der Waals surface area contributed by atoms with E-state index in [4.69, 9.17) is 14.9 Å². The molecular formula is C16H24N2O2Si. The van der Waals surface area contributed by atoms with Crippen molar-refractivity contribution in [3.05, 3.63) is 23.8 Å². The van der Waals surface area contributed by atoms with Gasteiger partial charge in [0.25, 0.3) is 0 Å². The van der Waals surface area contributed by atoms with Crippen molar-refractivity contribution in [1.82, 2.24) is 0 Å². The molecule has 5 heteroatoms. The molecule has 0 amide bonds. The van der Waals surface area contributed by atoms with E-state index < -0.39 is 13.9 Å². The molecular weight excluding hydrogens is 280 g/mol. The van der Waals surface area contributed by atoms with Crippen molar-refractivity contribution in [3.8, 4) is 11.8 Å². The van der Waals surface area contributed by atoms with Gasteiger partial charge in [-0.25, -0.2) is 0 Å². The highest BCUT2D eigenvalue weighted by Gasteiger charge is 2.36. The number of hydrogen-bond donors (Lipinski definition) is 1. The third kappa shape index (κ3) is 4.23. The van der Waals surface area contributed by atoms with Crippen LogP contribution in [0.3, 0.4) is 0 Å². The van der Waals surface area contributed by atoms with E-state index in [1.165, 1.54) is 0 Å². The van der Waals surface area contributed by atoms with Crippen LogP contribution < -0.4 is 10.5 Å². The lowest BCUT2D eigenvalue weighted by atomic mass is 9.93. The summed E-state index contributed by atoms with van der Waals surface area (Å²) in [5, 5.41) is 9.49. The second kappa shape index (κ2) is 5.70. The van der Waals surface area contributed by atoms with Crippen LogP contribution in [-0.4, -0.2) is 20.0 Å². The van der Waals surface area contributed by atoms with Crippen LogP contribution in [0.25, 0.3) is 0 Å². The SMILES string of the molecule is CC(C#N)(C[C@H]1CCc2cc(N)ccc2O1)O[Si](C)(C)C. The molecule has 0 radical (unpaired) electrons. The minimum Gasteiger partial charge on any atom is -0.490 e. The van der Waals surface area contributed by atoms with Crippen molar-refractivity contribution in [3.63, 3.8) is 0 Å². The molecule has 1 aromatic rings. The minimum absolute atomic E-state index is 0.0159. The van der Waals surface area contributed by atoms with Crippen molar-refractivity contribution in [2.24, 2.45) is 0 Å². The minimum atomic E-state index is -1.77. The average Bonchev–Trinajstić information content (AvgIpc) is 2.37. The molecule has 1 aromatic carbocycles. The van der Waals surface area contributed by atoms with Gasteiger partial charge < -0.3 is 14.9 Å². The summed E-state index contributed by atoms with van der Waals surface area (Å²) < 4.78 is 12.1. The van der Waals surface area contributed by atoms with Gasteiger partial charge in [-0.15, -0.1) is 0 Å². The van der Waals surface area contributed by atoms with Crippen LogP contribution in [0.1, 0.15) is 25.3 Å². The van der Waals surface area contributed by atoms with E-state index >= 15 is 0 Å². The summed E-state index contributed by atoms with van der Waals surface area (Å²) in [4.78, 5) is 0. The number of hydrogen-bond acceptors (Lipinski definition) is 4. The number of benzene rings is 1. The molecule has 1 aliphatic rings. The molecule has 0 aromatic heterocycles. The normalized spacial score (nSPS) is 20.8.